The molecule has 0 saturated heterocycles. The van der Waals surface area contributed by atoms with E-state index in [0.29, 0.717) is 0 Å². The molecule has 0 saturated carbocycles. The predicted molar refractivity (Wildman–Crippen MR) is 130 cm³/mol. The maximum absolute atomic E-state index is 5.30. The molecular formula is C29H28N2. The van der Waals surface area contributed by atoms with Crippen LogP contribution in [0.3, 0.4) is 0 Å². The van der Waals surface area contributed by atoms with E-state index in [4.69, 9.17) is 4.98 Å². The molecule has 2 heteroatoms. The average molecular weight is 405 g/mol. The molecule has 2 nitrogen and oxygen atoms in total. The number of aromatic nitrogens is 2. The lowest BCUT2D eigenvalue weighted by molar-refractivity contribution is 0.390. The number of fused-ring (bicyclic) bond motifs is 1. The average Bonchev–Trinajstić information content (AvgIpc) is 3.21. The van der Waals surface area contributed by atoms with Gasteiger partial charge < -0.3 is 4.57 Å². The van der Waals surface area contributed by atoms with Crippen LogP contribution in [0.25, 0.3) is 28.6 Å². The molecule has 1 aliphatic heterocycles. The van der Waals surface area contributed by atoms with Gasteiger partial charge in [0.05, 0.1) is 11.4 Å². The van der Waals surface area contributed by atoms with Crippen molar-refractivity contribution in [2.45, 2.75) is 38.6 Å². The third kappa shape index (κ3) is 3.63. The highest BCUT2D eigenvalue weighted by molar-refractivity contribution is 5.79. The fraction of sp³-hybridized carbons (Fsp3) is 0.207. The lowest BCUT2D eigenvalue weighted by Crippen LogP contribution is -2.29. The van der Waals surface area contributed by atoms with Crippen LogP contribution >= 0.6 is 0 Å². The Morgan fingerprint density at radius 3 is 2.19 bits per heavy atom. The van der Waals surface area contributed by atoms with E-state index in [1.54, 1.807) is 0 Å². The molecule has 0 spiro atoms. The standard InChI is InChI=1S/C29H28N2/c1-22-12-9-10-13-23(22)18-20-29(2)19-11-21-31-27(25-16-7-4-8-17-25)26(30-28(29)31)24-14-5-3-6-15-24/h3-10,12-18,20H,11,19,21H2,1-2H3/b20-18+/t29-/m0/s1. The van der Waals surface area contributed by atoms with Gasteiger partial charge in [0.15, 0.2) is 0 Å². The minimum Gasteiger partial charge on any atom is -0.327 e. The third-order valence-corrected chi connectivity index (χ3v) is 6.47. The Morgan fingerprint density at radius 2 is 1.48 bits per heavy atom. The van der Waals surface area contributed by atoms with E-state index in [1.165, 1.54) is 33.8 Å². The molecule has 2 heterocycles. The second-order valence-electron chi connectivity index (χ2n) is 8.73. The molecule has 31 heavy (non-hydrogen) atoms. The van der Waals surface area contributed by atoms with Gasteiger partial charge in [-0.25, -0.2) is 4.98 Å². The summed E-state index contributed by atoms with van der Waals surface area (Å²) in [5.74, 6) is 1.17. The van der Waals surface area contributed by atoms with Crippen molar-refractivity contribution in [2.24, 2.45) is 0 Å². The zero-order valence-corrected chi connectivity index (χ0v) is 18.3. The molecule has 3 aromatic carbocycles. The predicted octanol–water partition coefficient (Wildman–Crippen LogP) is 7.29. The molecule has 1 aromatic heterocycles. The summed E-state index contributed by atoms with van der Waals surface area (Å²) in [7, 11) is 0. The smallest absolute Gasteiger partial charge is 0.119 e. The Hall–Kier alpha value is -3.39. The second-order valence-corrected chi connectivity index (χ2v) is 8.73. The van der Waals surface area contributed by atoms with Gasteiger partial charge in [0.25, 0.3) is 0 Å². The van der Waals surface area contributed by atoms with E-state index in [-0.39, 0.29) is 5.41 Å². The zero-order valence-electron chi connectivity index (χ0n) is 18.3. The van der Waals surface area contributed by atoms with Crippen molar-refractivity contribution in [3.63, 3.8) is 0 Å². The maximum atomic E-state index is 5.30. The number of hydrogen-bond acceptors (Lipinski definition) is 1. The Bertz CT molecular complexity index is 1220. The first kappa shape index (κ1) is 19.6. The van der Waals surface area contributed by atoms with Crippen LogP contribution in [0.1, 0.15) is 36.7 Å². The van der Waals surface area contributed by atoms with Crippen molar-refractivity contribution in [3.05, 3.63) is 108 Å². The molecule has 1 atom stereocenters. The third-order valence-electron chi connectivity index (χ3n) is 6.47. The van der Waals surface area contributed by atoms with Crippen LogP contribution in [0.5, 0.6) is 0 Å². The number of nitrogens with zero attached hydrogens (tertiary/aromatic N) is 2. The van der Waals surface area contributed by atoms with Gasteiger partial charge in [0.1, 0.15) is 5.82 Å². The zero-order chi connectivity index (χ0) is 21.3. The number of benzene rings is 3. The highest BCUT2D eigenvalue weighted by atomic mass is 15.1. The summed E-state index contributed by atoms with van der Waals surface area (Å²) in [4.78, 5) is 5.30. The van der Waals surface area contributed by atoms with Gasteiger partial charge >= 0.3 is 0 Å². The minimum atomic E-state index is -0.100. The van der Waals surface area contributed by atoms with Gasteiger partial charge in [0, 0.05) is 23.1 Å². The summed E-state index contributed by atoms with van der Waals surface area (Å²) in [6, 6.07) is 29.9. The van der Waals surface area contributed by atoms with Crippen LogP contribution in [0.2, 0.25) is 0 Å². The van der Waals surface area contributed by atoms with Crippen molar-refractivity contribution in [3.8, 4) is 22.5 Å². The molecule has 0 aliphatic carbocycles. The summed E-state index contributed by atoms with van der Waals surface area (Å²) in [5, 5.41) is 0. The lowest BCUT2D eigenvalue weighted by atomic mass is 9.81. The van der Waals surface area contributed by atoms with Crippen molar-refractivity contribution in [1.82, 2.24) is 9.55 Å². The largest absolute Gasteiger partial charge is 0.327 e. The highest BCUT2D eigenvalue weighted by Crippen LogP contribution is 2.42. The molecule has 1 aliphatic rings. The van der Waals surface area contributed by atoms with Gasteiger partial charge in [-0.3, -0.25) is 0 Å². The number of aryl methyl sites for hydroxylation is 1. The first-order valence-electron chi connectivity index (χ1n) is 11.1. The van der Waals surface area contributed by atoms with Crippen molar-refractivity contribution in [2.75, 3.05) is 0 Å². The maximum Gasteiger partial charge on any atom is 0.119 e. The number of hydrogen-bond donors (Lipinski definition) is 0. The molecule has 0 unspecified atom stereocenters. The molecule has 0 amide bonds. The van der Waals surface area contributed by atoms with Crippen molar-refractivity contribution in [1.29, 1.82) is 0 Å². The van der Waals surface area contributed by atoms with Crippen LogP contribution in [0.4, 0.5) is 0 Å². The van der Waals surface area contributed by atoms with E-state index in [1.807, 2.05) is 0 Å². The van der Waals surface area contributed by atoms with Gasteiger partial charge in [-0.05, 0) is 37.8 Å². The second kappa shape index (κ2) is 8.03. The SMILES string of the molecule is Cc1ccccc1/C=C/[C@]1(C)CCCn2c1nc(-c1ccccc1)c2-c1ccccc1. The van der Waals surface area contributed by atoms with E-state index < -0.39 is 0 Å². The van der Waals surface area contributed by atoms with Gasteiger partial charge in [-0.2, -0.15) is 0 Å². The topological polar surface area (TPSA) is 17.8 Å². The fourth-order valence-corrected chi connectivity index (χ4v) is 4.71. The first-order chi connectivity index (χ1) is 15.2. The molecule has 5 rings (SSSR count). The summed E-state index contributed by atoms with van der Waals surface area (Å²) < 4.78 is 2.46. The summed E-state index contributed by atoms with van der Waals surface area (Å²) >= 11 is 0. The summed E-state index contributed by atoms with van der Waals surface area (Å²) in [5.41, 5.74) is 7.20. The van der Waals surface area contributed by atoms with Crippen LogP contribution < -0.4 is 0 Å². The van der Waals surface area contributed by atoms with Gasteiger partial charge in [0.2, 0.25) is 0 Å². The van der Waals surface area contributed by atoms with Gasteiger partial charge in [-0.15, -0.1) is 0 Å². The molecule has 4 aromatic rings. The molecular weight excluding hydrogens is 376 g/mol. The normalized spacial score (nSPS) is 18.3. The minimum absolute atomic E-state index is 0.100. The summed E-state index contributed by atoms with van der Waals surface area (Å²) in [6.07, 6.45) is 6.90. The van der Waals surface area contributed by atoms with Gasteiger partial charge in [-0.1, -0.05) is 97.1 Å². The number of rotatable bonds is 4. The first-order valence-corrected chi connectivity index (χ1v) is 11.1. The van der Waals surface area contributed by atoms with Crippen LogP contribution in [-0.2, 0) is 12.0 Å². The molecule has 0 bridgehead atoms. The Kier molecular flexibility index (Phi) is 5.07. The molecule has 0 radical (unpaired) electrons. The fourth-order valence-electron chi connectivity index (χ4n) is 4.71. The summed E-state index contributed by atoms with van der Waals surface area (Å²) in [6.45, 7) is 5.52. The highest BCUT2D eigenvalue weighted by Gasteiger charge is 2.35. The van der Waals surface area contributed by atoms with E-state index in [2.05, 4.69) is 115 Å². The molecule has 0 fully saturated rings. The van der Waals surface area contributed by atoms with Crippen molar-refractivity contribution < 1.29 is 0 Å². The van der Waals surface area contributed by atoms with E-state index in [9.17, 15) is 0 Å². The number of allylic oxidation sites excluding steroid dienone is 1. The quantitative estimate of drug-likeness (QED) is 0.349. The van der Waals surface area contributed by atoms with E-state index in [0.717, 1.165) is 25.1 Å². The lowest BCUT2D eigenvalue weighted by Gasteiger charge is -2.32. The van der Waals surface area contributed by atoms with E-state index >= 15 is 0 Å². The molecule has 154 valence electrons. The molecule has 0 N–H and O–H groups in total. The van der Waals surface area contributed by atoms with Crippen LogP contribution in [0.15, 0.2) is 91.0 Å². The van der Waals surface area contributed by atoms with Crippen molar-refractivity contribution >= 4 is 6.08 Å². The monoisotopic (exact) mass is 404 g/mol. The Morgan fingerprint density at radius 1 is 0.839 bits per heavy atom. The Labute approximate surface area is 184 Å². The Balaban J connectivity index is 1.67. The van der Waals surface area contributed by atoms with Crippen LogP contribution in [-0.4, -0.2) is 9.55 Å². The number of imidazole rings is 1. The van der Waals surface area contributed by atoms with Crippen LogP contribution in [0, 0.1) is 6.92 Å².